The molecule has 1 aliphatic carbocycles. The fraction of sp³-hybridized carbons (Fsp3) is 0.545. The van der Waals surface area contributed by atoms with Crippen LogP contribution in [-0.2, 0) is 4.74 Å². The molecule has 0 spiro atoms. The van der Waals surface area contributed by atoms with Gasteiger partial charge in [0, 0.05) is 13.7 Å². The summed E-state index contributed by atoms with van der Waals surface area (Å²) in [6.07, 6.45) is 3.29. The maximum absolute atomic E-state index is 6.03. The molecule has 1 N–H and O–H groups in total. The summed E-state index contributed by atoms with van der Waals surface area (Å²) in [5, 5.41) is 4.23. The Morgan fingerprint density at radius 2 is 2.06 bits per heavy atom. The number of nitrogens with one attached hydrogen (secondary N) is 1. The Balaban J connectivity index is 2.06. The number of methoxy groups -OCH3 is 1. The van der Waals surface area contributed by atoms with Gasteiger partial charge < -0.3 is 10.1 Å². The molecule has 1 aliphatic rings. The van der Waals surface area contributed by atoms with E-state index in [4.69, 9.17) is 39.5 Å². The largest absolute Gasteiger partial charge is 0.376 e. The van der Waals surface area contributed by atoms with Crippen LogP contribution in [0.3, 0.4) is 0 Å². The first-order valence-electron chi connectivity index (χ1n) is 5.37. The first kappa shape index (κ1) is 13.2. The predicted molar refractivity (Wildman–Crippen MR) is 71.3 cm³/mol. The fourth-order valence-electron chi connectivity index (χ4n) is 1.84. The standard InChI is InChI=1S/C11H13Cl3N2O/c1-17-11(3-2-4-11)6-15-10-8(13)5-7(12)9(14)16-10/h5H,2-4,6H2,1H3,(H,15,16). The van der Waals surface area contributed by atoms with Crippen molar-refractivity contribution in [3.63, 3.8) is 0 Å². The number of aromatic nitrogens is 1. The summed E-state index contributed by atoms with van der Waals surface area (Å²) in [7, 11) is 1.73. The lowest BCUT2D eigenvalue weighted by atomic mass is 9.80. The van der Waals surface area contributed by atoms with E-state index in [1.165, 1.54) is 6.42 Å². The Hall–Kier alpha value is -0.220. The molecule has 0 amide bonds. The lowest BCUT2D eigenvalue weighted by molar-refractivity contribution is -0.0601. The van der Waals surface area contributed by atoms with Crippen molar-refractivity contribution in [3.05, 3.63) is 21.3 Å². The summed E-state index contributed by atoms with van der Waals surface area (Å²) in [5.74, 6) is 0.546. The molecule has 0 aromatic carbocycles. The highest BCUT2D eigenvalue weighted by atomic mass is 35.5. The van der Waals surface area contributed by atoms with E-state index in [0.717, 1.165) is 12.8 Å². The Morgan fingerprint density at radius 3 is 2.59 bits per heavy atom. The summed E-state index contributed by atoms with van der Waals surface area (Å²) in [5.41, 5.74) is -0.0862. The zero-order valence-electron chi connectivity index (χ0n) is 9.40. The van der Waals surface area contributed by atoms with Crippen LogP contribution in [0.4, 0.5) is 5.82 Å². The maximum Gasteiger partial charge on any atom is 0.150 e. The van der Waals surface area contributed by atoms with E-state index < -0.39 is 0 Å². The van der Waals surface area contributed by atoms with Crippen LogP contribution in [0.15, 0.2) is 6.07 Å². The molecule has 0 atom stereocenters. The molecule has 1 saturated carbocycles. The van der Waals surface area contributed by atoms with Gasteiger partial charge in [0.05, 0.1) is 15.6 Å². The van der Waals surface area contributed by atoms with Gasteiger partial charge in [-0.2, -0.15) is 0 Å². The molecule has 3 nitrogen and oxygen atoms in total. The molecule has 0 unspecified atom stereocenters. The molecule has 1 aromatic heterocycles. The number of pyridine rings is 1. The van der Waals surface area contributed by atoms with Crippen LogP contribution in [-0.4, -0.2) is 24.2 Å². The van der Waals surface area contributed by atoms with Gasteiger partial charge in [0.2, 0.25) is 0 Å². The monoisotopic (exact) mass is 294 g/mol. The van der Waals surface area contributed by atoms with Crippen LogP contribution in [0, 0.1) is 0 Å². The summed E-state index contributed by atoms with van der Waals surface area (Å²) < 4.78 is 5.50. The van der Waals surface area contributed by atoms with E-state index >= 15 is 0 Å². The predicted octanol–water partition coefficient (Wildman–Crippen LogP) is 4.02. The maximum atomic E-state index is 6.03. The summed E-state index contributed by atoms with van der Waals surface area (Å²) in [6.45, 7) is 0.675. The fourth-order valence-corrected chi connectivity index (χ4v) is 2.40. The van der Waals surface area contributed by atoms with Crippen molar-refractivity contribution in [1.29, 1.82) is 0 Å². The van der Waals surface area contributed by atoms with E-state index in [1.807, 2.05) is 0 Å². The molecule has 17 heavy (non-hydrogen) atoms. The molecule has 2 rings (SSSR count). The van der Waals surface area contributed by atoms with E-state index in [2.05, 4.69) is 10.3 Å². The molecule has 1 heterocycles. The van der Waals surface area contributed by atoms with Crippen LogP contribution < -0.4 is 5.32 Å². The van der Waals surface area contributed by atoms with Crippen molar-refractivity contribution in [3.8, 4) is 0 Å². The lowest BCUT2D eigenvalue weighted by Crippen LogP contribution is -2.45. The number of ether oxygens (including phenoxy) is 1. The first-order chi connectivity index (χ1) is 8.06. The highest BCUT2D eigenvalue weighted by molar-refractivity contribution is 6.42. The van der Waals surface area contributed by atoms with Crippen LogP contribution in [0.25, 0.3) is 0 Å². The quantitative estimate of drug-likeness (QED) is 0.852. The van der Waals surface area contributed by atoms with Crippen molar-refractivity contribution in [2.75, 3.05) is 19.0 Å². The van der Waals surface area contributed by atoms with Crippen molar-refractivity contribution in [2.45, 2.75) is 24.9 Å². The third-order valence-corrected chi connectivity index (χ3v) is 4.12. The summed E-state index contributed by atoms with van der Waals surface area (Å²) in [4.78, 5) is 4.10. The van der Waals surface area contributed by atoms with Gasteiger partial charge in [0.15, 0.2) is 0 Å². The van der Waals surface area contributed by atoms with Crippen LogP contribution in [0.2, 0.25) is 15.2 Å². The van der Waals surface area contributed by atoms with Gasteiger partial charge in [-0.05, 0) is 25.3 Å². The minimum Gasteiger partial charge on any atom is -0.376 e. The number of rotatable bonds is 4. The third kappa shape index (κ3) is 2.79. The minimum absolute atomic E-state index is 0.0862. The molecule has 94 valence electrons. The van der Waals surface area contributed by atoms with E-state index in [0.29, 0.717) is 22.4 Å². The highest BCUT2D eigenvalue weighted by Crippen LogP contribution is 2.36. The molecule has 0 aliphatic heterocycles. The molecule has 0 saturated heterocycles. The third-order valence-electron chi connectivity index (χ3n) is 3.16. The Bertz CT molecular complexity index is 416. The van der Waals surface area contributed by atoms with Gasteiger partial charge in [-0.25, -0.2) is 4.98 Å². The number of anilines is 1. The highest BCUT2D eigenvalue weighted by Gasteiger charge is 2.36. The second-order valence-corrected chi connectivity index (χ2v) is 5.36. The zero-order chi connectivity index (χ0) is 12.5. The topological polar surface area (TPSA) is 34.1 Å². The Morgan fingerprint density at radius 1 is 1.35 bits per heavy atom. The van der Waals surface area contributed by atoms with E-state index in [-0.39, 0.29) is 10.8 Å². The second kappa shape index (κ2) is 5.19. The summed E-state index contributed by atoms with van der Waals surface area (Å²) in [6, 6.07) is 1.58. The molecule has 1 fully saturated rings. The lowest BCUT2D eigenvalue weighted by Gasteiger charge is -2.40. The molecule has 1 aromatic rings. The molecular weight excluding hydrogens is 282 g/mol. The van der Waals surface area contributed by atoms with E-state index in [9.17, 15) is 0 Å². The Kier molecular flexibility index (Phi) is 4.03. The van der Waals surface area contributed by atoms with Gasteiger partial charge in [-0.15, -0.1) is 0 Å². The van der Waals surface area contributed by atoms with Crippen molar-refractivity contribution in [1.82, 2.24) is 4.98 Å². The minimum atomic E-state index is -0.0862. The average molecular weight is 296 g/mol. The number of hydrogen-bond donors (Lipinski definition) is 1. The van der Waals surface area contributed by atoms with Gasteiger partial charge in [0.25, 0.3) is 0 Å². The molecule has 0 bridgehead atoms. The Labute approximate surface area is 115 Å². The van der Waals surface area contributed by atoms with Crippen molar-refractivity contribution >= 4 is 40.6 Å². The molecule has 6 heteroatoms. The van der Waals surface area contributed by atoms with Gasteiger partial charge >= 0.3 is 0 Å². The van der Waals surface area contributed by atoms with Gasteiger partial charge in [-0.1, -0.05) is 34.8 Å². The summed E-state index contributed by atoms with van der Waals surface area (Å²) >= 11 is 17.7. The van der Waals surface area contributed by atoms with Crippen LogP contribution in [0.5, 0.6) is 0 Å². The van der Waals surface area contributed by atoms with Crippen molar-refractivity contribution in [2.24, 2.45) is 0 Å². The number of hydrogen-bond acceptors (Lipinski definition) is 3. The van der Waals surface area contributed by atoms with E-state index in [1.54, 1.807) is 13.2 Å². The number of nitrogens with zero attached hydrogens (tertiary/aromatic N) is 1. The van der Waals surface area contributed by atoms with Crippen molar-refractivity contribution < 1.29 is 4.74 Å². The molecule has 0 radical (unpaired) electrons. The zero-order valence-corrected chi connectivity index (χ0v) is 11.7. The number of halogens is 3. The van der Waals surface area contributed by atoms with Gasteiger partial charge in [0.1, 0.15) is 11.0 Å². The van der Waals surface area contributed by atoms with Crippen LogP contribution >= 0.6 is 34.8 Å². The first-order valence-corrected chi connectivity index (χ1v) is 6.50. The molecular formula is C11H13Cl3N2O. The van der Waals surface area contributed by atoms with Crippen LogP contribution in [0.1, 0.15) is 19.3 Å². The average Bonchev–Trinajstić information content (AvgIpc) is 2.24. The second-order valence-electron chi connectivity index (χ2n) is 4.19. The smallest absolute Gasteiger partial charge is 0.150 e. The van der Waals surface area contributed by atoms with Gasteiger partial charge in [-0.3, -0.25) is 0 Å². The SMILES string of the molecule is COC1(CNc2nc(Cl)c(Cl)cc2Cl)CCC1. The normalized spacial score (nSPS) is 17.6.